The highest BCUT2D eigenvalue weighted by molar-refractivity contribution is 9.10. The first-order valence-electron chi connectivity index (χ1n) is 6.98. The fourth-order valence-electron chi connectivity index (χ4n) is 2.39. The molecule has 1 fully saturated rings. The molecule has 0 aliphatic carbocycles. The van der Waals surface area contributed by atoms with Crippen LogP contribution < -0.4 is 10.2 Å². The van der Waals surface area contributed by atoms with E-state index in [9.17, 15) is 4.39 Å². The Morgan fingerprint density at radius 2 is 2.10 bits per heavy atom. The van der Waals surface area contributed by atoms with Gasteiger partial charge in [-0.3, -0.25) is 0 Å². The molecule has 1 aliphatic heterocycles. The van der Waals surface area contributed by atoms with Gasteiger partial charge in [0.15, 0.2) is 0 Å². The summed E-state index contributed by atoms with van der Waals surface area (Å²) in [5.41, 5.74) is 1.66. The lowest BCUT2D eigenvalue weighted by Crippen LogP contribution is -2.29. The van der Waals surface area contributed by atoms with Crippen LogP contribution in [-0.4, -0.2) is 36.1 Å². The molecule has 2 aromatic rings. The van der Waals surface area contributed by atoms with Gasteiger partial charge in [0.05, 0.1) is 5.69 Å². The third-order valence-corrected chi connectivity index (χ3v) is 4.13. The Balaban J connectivity index is 1.92. The van der Waals surface area contributed by atoms with Gasteiger partial charge in [0.25, 0.3) is 0 Å². The van der Waals surface area contributed by atoms with Crippen molar-refractivity contribution in [3.8, 4) is 11.3 Å². The molecule has 0 radical (unpaired) electrons. The number of rotatable bonds is 2. The van der Waals surface area contributed by atoms with E-state index in [-0.39, 0.29) is 5.82 Å². The highest BCUT2D eigenvalue weighted by atomic mass is 79.9. The van der Waals surface area contributed by atoms with Crippen LogP contribution >= 0.6 is 15.9 Å². The molecule has 1 saturated heterocycles. The van der Waals surface area contributed by atoms with E-state index in [2.05, 4.69) is 36.1 Å². The third kappa shape index (κ3) is 3.39. The molecule has 6 heteroatoms. The Labute approximate surface area is 131 Å². The van der Waals surface area contributed by atoms with Gasteiger partial charge in [-0.05, 0) is 53.2 Å². The zero-order chi connectivity index (χ0) is 14.7. The minimum atomic E-state index is -0.265. The van der Waals surface area contributed by atoms with Crippen LogP contribution in [0.2, 0.25) is 0 Å². The average molecular weight is 351 g/mol. The Hall–Kier alpha value is -1.53. The number of anilines is 1. The topological polar surface area (TPSA) is 41.1 Å². The standard InChI is InChI=1S/C15H16BrFN4/c16-13-10-11(17)2-3-12(13)14-4-6-19-15(20-14)21-8-1-5-18-7-9-21/h2-4,6,10,18H,1,5,7-9H2. The molecule has 110 valence electrons. The second kappa shape index (κ2) is 6.49. The van der Waals surface area contributed by atoms with Crippen LogP contribution in [0.5, 0.6) is 0 Å². The largest absolute Gasteiger partial charge is 0.339 e. The molecular formula is C15H16BrFN4. The van der Waals surface area contributed by atoms with Gasteiger partial charge in [0.2, 0.25) is 5.95 Å². The summed E-state index contributed by atoms with van der Waals surface area (Å²) in [5.74, 6) is 0.464. The maximum Gasteiger partial charge on any atom is 0.225 e. The zero-order valence-electron chi connectivity index (χ0n) is 11.5. The van der Waals surface area contributed by atoms with Crippen LogP contribution in [0.3, 0.4) is 0 Å². The van der Waals surface area contributed by atoms with Crippen molar-refractivity contribution < 1.29 is 4.39 Å². The SMILES string of the molecule is Fc1ccc(-c2ccnc(N3CCCNCC3)n2)c(Br)c1. The second-order valence-electron chi connectivity index (χ2n) is 4.96. The van der Waals surface area contributed by atoms with E-state index in [1.54, 1.807) is 12.3 Å². The molecule has 3 rings (SSSR count). The Morgan fingerprint density at radius 3 is 2.95 bits per heavy atom. The van der Waals surface area contributed by atoms with Gasteiger partial charge in [0.1, 0.15) is 5.82 Å². The normalized spacial score (nSPS) is 15.8. The number of benzene rings is 1. The highest BCUT2D eigenvalue weighted by Crippen LogP contribution is 2.28. The Kier molecular flexibility index (Phi) is 4.45. The first kappa shape index (κ1) is 14.4. The number of nitrogens with zero attached hydrogens (tertiary/aromatic N) is 3. The molecule has 0 unspecified atom stereocenters. The number of nitrogens with one attached hydrogen (secondary N) is 1. The molecule has 21 heavy (non-hydrogen) atoms. The van der Waals surface area contributed by atoms with E-state index in [4.69, 9.17) is 0 Å². The minimum absolute atomic E-state index is 0.265. The highest BCUT2D eigenvalue weighted by Gasteiger charge is 2.14. The maximum absolute atomic E-state index is 13.2. The van der Waals surface area contributed by atoms with E-state index in [1.807, 2.05) is 6.07 Å². The van der Waals surface area contributed by atoms with Gasteiger partial charge in [0, 0.05) is 35.9 Å². The lowest BCUT2D eigenvalue weighted by molar-refractivity contribution is 0.627. The molecule has 0 spiro atoms. The second-order valence-corrected chi connectivity index (χ2v) is 5.81. The van der Waals surface area contributed by atoms with Gasteiger partial charge in [-0.15, -0.1) is 0 Å². The molecule has 0 saturated carbocycles. The number of hydrogen-bond donors (Lipinski definition) is 1. The first-order valence-corrected chi connectivity index (χ1v) is 7.77. The maximum atomic E-state index is 13.2. The number of aromatic nitrogens is 2. The van der Waals surface area contributed by atoms with Gasteiger partial charge >= 0.3 is 0 Å². The van der Waals surface area contributed by atoms with Crippen molar-refractivity contribution in [3.63, 3.8) is 0 Å². The monoisotopic (exact) mass is 350 g/mol. The van der Waals surface area contributed by atoms with Crippen molar-refractivity contribution in [2.24, 2.45) is 0 Å². The van der Waals surface area contributed by atoms with Crippen LogP contribution in [0.4, 0.5) is 10.3 Å². The van der Waals surface area contributed by atoms with Gasteiger partial charge in [-0.2, -0.15) is 0 Å². The van der Waals surface area contributed by atoms with E-state index >= 15 is 0 Å². The molecule has 0 amide bonds. The van der Waals surface area contributed by atoms with Crippen molar-refractivity contribution >= 4 is 21.9 Å². The van der Waals surface area contributed by atoms with E-state index < -0.39 is 0 Å². The average Bonchev–Trinajstić information content (AvgIpc) is 2.76. The fourth-order valence-corrected chi connectivity index (χ4v) is 2.95. The summed E-state index contributed by atoms with van der Waals surface area (Å²) in [6.45, 7) is 3.81. The molecule has 1 N–H and O–H groups in total. The molecule has 1 aromatic carbocycles. The Morgan fingerprint density at radius 1 is 1.19 bits per heavy atom. The predicted octanol–water partition coefficient (Wildman–Crippen LogP) is 2.84. The lowest BCUT2D eigenvalue weighted by atomic mass is 10.1. The fraction of sp³-hybridized carbons (Fsp3) is 0.333. The molecule has 0 bridgehead atoms. The molecule has 4 nitrogen and oxygen atoms in total. The van der Waals surface area contributed by atoms with Crippen molar-refractivity contribution in [2.45, 2.75) is 6.42 Å². The number of hydrogen-bond acceptors (Lipinski definition) is 4. The summed E-state index contributed by atoms with van der Waals surface area (Å²) < 4.78 is 13.9. The van der Waals surface area contributed by atoms with Gasteiger partial charge in [-0.1, -0.05) is 0 Å². The molecular weight excluding hydrogens is 335 g/mol. The summed E-state index contributed by atoms with van der Waals surface area (Å²) in [4.78, 5) is 11.2. The van der Waals surface area contributed by atoms with Crippen LogP contribution in [0.1, 0.15) is 6.42 Å². The van der Waals surface area contributed by atoms with E-state index in [1.165, 1.54) is 12.1 Å². The quantitative estimate of drug-likeness (QED) is 0.904. The summed E-state index contributed by atoms with van der Waals surface area (Å²) in [5, 5.41) is 3.36. The summed E-state index contributed by atoms with van der Waals surface area (Å²) in [6, 6.07) is 6.47. The lowest BCUT2D eigenvalue weighted by Gasteiger charge is -2.20. The minimum Gasteiger partial charge on any atom is -0.339 e. The molecule has 1 aliphatic rings. The Bertz CT molecular complexity index is 627. The van der Waals surface area contributed by atoms with Gasteiger partial charge in [-0.25, -0.2) is 14.4 Å². The smallest absolute Gasteiger partial charge is 0.225 e. The van der Waals surface area contributed by atoms with E-state index in [0.717, 1.165) is 49.8 Å². The van der Waals surface area contributed by atoms with Crippen LogP contribution in [0.25, 0.3) is 11.3 Å². The summed E-state index contributed by atoms with van der Waals surface area (Å²) in [7, 11) is 0. The number of halogens is 2. The van der Waals surface area contributed by atoms with Gasteiger partial charge < -0.3 is 10.2 Å². The predicted molar refractivity (Wildman–Crippen MR) is 84.8 cm³/mol. The first-order chi connectivity index (χ1) is 10.2. The van der Waals surface area contributed by atoms with Crippen molar-refractivity contribution in [1.82, 2.24) is 15.3 Å². The molecule has 0 atom stereocenters. The van der Waals surface area contributed by atoms with Crippen LogP contribution in [0.15, 0.2) is 34.9 Å². The van der Waals surface area contributed by atoms with Crippen LogP contribution in [0, 0.1) is 5.82 Å². The van der Waals surface area contributed by atoms with E-state index in [0.29, 0.717) is 4.47 Å². The van der Waals surface area contributed by atoms with Crippen molar-refractivity contribution in [1.29, 1.82) is 0 Å². The van der Waals surface area contributed by atoms with Crippen LogP contribution in [-0.2, 0) is 0 Å². The molecule has 2 heterocycles. The van der Waals surface area contributed by atoms with Crippen molar-refractivity contribution in [3.05, 3.63) is 40.8 Å². The third-order valence-electron chi connectivity index (χ3n) is 3.47. The summed E-state index contributed by atoms with van der Waals surface area (Å²) >= 11 is 3.39. The van der Waals surface area contributed by atoms with Crippen molar-refractivity contribution in [2.75, 3.05) is 31.1 Å². The zero-order valence-corrected chi connectivity index (χ0v) is 13.1. The molecule has 1 aromatic heterocycles. The summed E-state index contributed by atoms with van der Waals surface area (Å²) in [6.07, 6.45) is 2.83.